The lowest BCUT2D eigenvalue weighted by Gasteiger charge is -2.13. The highest BCUT2D eigenvalue weighted by molar-refractivity contribution is 6.03. The Morgan fingerprint density at radius 3 is 2.35 bits per heavy atom. The van der Waals surface area contributed by atoms with E-state index in [1.807, 2.05) is 0 Å². The molecule has 0 saturated heterocycles. The van der Waals surface area contributed by atoms with Gasteiger partial charge in [-0.15, -0.1) is 0 Å². The van der Waals surface area contributed by atoms with Crippen LogP contribution in [0.5, 0.6) is 11.5 Å². The predicted molar refractivity (Wildman–Crippen MR) is 62.6 cm³/mol. The van der Waals surface area contributed by atoms with E-state index in [4.69, 9.17) is 20.9 Å². The van der Waals surface area contributed by atoms with E-state index in [-0.39, 0.29) is 11.4 Å². The lowest BCUT2D eigenvalue weighted by atomic mass is 10.1. The maximum atomic E-state index is 11.2. The number of ether oxygens (including phenoxy) is 2. The van der Waals surface area contributed by atoms with Gasteiger partial charge in [0.25, 0.3) is 6.33 Å². The summed E-state index contributed by atoms with van der Waals surface area (Å²) < 4.78 is 10.8. The number of fused-ring (bicyclic) bond motifs is 1. The molecule has 7 heteroatoms. The van der Waals surface area contributed by atoms with Crippen LogP contribution in [0.4, 0.5) is 11.4 Å². The van der Waals surface area contributed by atoms with Gasteiger partial charge in [0.1, 0.15) is 11.9 Å². The topological polar surface area (TPSA) is 110 Å². The van der Waals surface area contributed by atoms with Crippen molar-refractivity contribution in [2.45, 2.75) is 0 Å². The summed E-state index contributed by atoms with van der Waals surface area (Å²) in [4.78, 5) is 3.94. The molecule has 0 atom stereocenters. The van der Waals surface area contributed by atoms with Crippen molar-refractivity contribution in [1.29, 1.82) is 0 Å². The molecule has 90 valence electrons. The number of hydrogen-bond donors (Lipinski definition) is 2. The molecule has 1 aromatic carbocycles. The zero-order valence-electron chi connectivity index (χ0n) is 9.43. The first-order valence-corrected chi connectivity index (χ1v) is 4.77. The van der Waals surface area contributed by atoms with Crippen LogP contribution in [0.15, 0.2) is 12.5 Å². The second kappa shape index (κ2) is 3.85. The van der Waals surface area contributed by atoms with Crippen LogP contribution in [-0.4, -0.2) is 19.2 Å². The fourth-order valence-corrected chi connectivity index (χ4v) is 1.70. The highest BCUT2D eigenvalue weighted by atomic mass is 16.5. The van der Waals surface area contributed by atoms with Crippen molar-refractivity contribution in [2.75, 3.05) is 25.7 Å². The van der Waals surface area contributed by atoms with Crippen LogP contribution in [0.1, 0.15) is 0 Å². The molecule has 0 unspecified atom stereocenters. The number of rotatable bonds is 2. The molecule has 0 radical (unpaired) electrons. The van der Waals surface area contributed by atoms with Gasteiger partial charge < -0.3 is 26.1 Å². The lowest BCUT2D eigenvalue weighted by Crippen LogP contribution is -2.25. The standard InChI is InChI=1S/C10H12N4O3/c1-16-9-6(11)5-3-14(15)4-13-8(5)7(12)10(9)17-2/h3-4H,11-12H2,1-2H3. The molecule has 0 aliphatic rings. The fourth-order valence-electron chi connectivity index (χ4n) is 1.70. The summed E-state index contributed by atoms with van der Waals surface area (Å²) in [6, 6.07) is 0. The Morgan fingerprint density at radius 1 is 1.18 bits per heavy atom. The number of hydrogen-bond acceptors (Lipinski definition) is 6. The third kappa shape index (κ3) is 1.52. The zero-order valence-corrected chi connectivity index (χ0v) is 9.43. The van der Waals surface area contributed by atoms with E-state index in [1.165, 1.54) is 20.4 Å². The molecule has 0 aliphatic heterocycles. The van der Waals surface area contributed by atoms with E-state index in [0.717, 1.165) is 6.33 Å². The highest BCUT2D eigenvalue weighted by Gasteiger charge is 2.21. The highest BCUT2D eigenvalue weighted by Crippen LogP contribution is 2.43. The van der Waals surface area contributed by atoms with Crippen molar-refractivity contribution in [3.8, 4) is 11.5 Å². The second-order valence-corrected chi connectivity index (χ2v) is 3.39. The van der Waals surface area contributed by atoms with Crippen LogP contribution in [0.3, 0.4) is 0 Å². The van der Waals surface area contributed by atoms with Gasteiger partial charge in [-0.05, 0) is 4.98 Å². The molecule has 0 spiro atoms. The summed E-state index contributed by atoms with van der Waals surface area (Å²) in [6.45, 7) is 0. The van der Waals surface area contributed by atoms with Crippen LogP contribution in [-0.2, 0) is 0 Å². The molecule has 1 aromatic heterocycles. The summed E-state index contributed by atoms with van der Waals surface area (Å²) >= 11 is 0. The molecular weight excluding hydrogens is 224 g/mol. The average Bonchev–Trinajstić information content (AvgIpc) is 2.33. The van der Waals surface area contributed by atoms with Crippen molar-refractivity contribution in [3.63, 3.8) is 0 Å². The molecule has 2 aromatic rings. The Bertz CT molecular complexity index is 586. The van der Waals surface area contributed by atoms with Crippen LogP contribution < -0.4 is 25.7 Å². The Kier molecular flexibility index (Phi) is 2.51. The predicted octanol–water partition coefficient (Wildman–Crippen LogP) is 0.0498. The van der Waals surface area contributed by atoms with Gasteiger partial charge in [0, 0.05) is 0 Å². The summed E-state index contributed by atoms with van der Waals surface area (Å²) in [5, 5.41) is 11.6. The van der Waals surface area contributed by atoms with E-state index in [1.54, 1.807) is 0 Å². The summed E-state index contributed by atoms with van der Waals surface area (Å²) in [7, 11) is 2.90. The summed E-state index contributed by atoms with van der Waals surface area (Å²) in [5.74, 6) is 0.610. The largest absolute Gasteiger partial charge is 0.711 e. The van der Waals surface area contributed by atoms with Crippen LogP contribution >= 0.6 is 0 Å². The van der Waals surface area contributed by atoms with Crippen molar-refractivity contribution >= 4 is 22.3 Å². The maximum Gasteiger partial charge on any atom is 0.289 e. The van der Waals surface area contributed by atoms with Gasteiger partial charge in [0.05, 0.1) is 25.3 Å². The number of nitrogens with two attached hydrogens (primary N) is 2. The second-order valence-electron chi connectivity index (χ2n) is 3.39. The van der Waals surface area contributed by atoms with Crippen molar-refractivity contribution in [2.24, 2.45) is 0 Å². The SMILES string of the molecule is COc1c(OC)c(N)c2nc[n+]([O-])cc2c1N. The molecule has 4 N–H and O–H groups in total. The minimum absolute atomic E-state index is 0.270. The average molecular weight is 236 g/mol. The van der Waals surface area contributed by atoms with Crippen molar-refractivity contribution < 1.29 is 14.2 Å². The van der Waals surface area contributed by atoms with E-state index in [9.17, 15) is 5.21 Å². The molecule has 0 saturated carbocycles. The van der Waals surface area contributed by atoms with Gasteiger partial charge in [0.15, 0.2) is 11.5 Å². The van der Waals surface area contributed by atoms with Crippen molar-refractivity contribution in [3.05, 3.63) is 17.7 Å². The van der Waals surface area contributed by atoms with Gasteiger partial charge in [-0.3, -0.25) is 0 Å². The molecule has 17 heavy (non-hydrogen) atoms. The van der Waals surface area contributed by atoms with Gasteiger partial charge in [-0.1, -0.05) is 0 Å². The molecule has 1 heterocycles. The number of methoxy groups -OCH3 is 2. The Hall–Kier alpha value is -2.44. The van der Waals surface area contributed by atoms with E-state index >= 15 is 0 Å². The number of nitrogen functional groups attached to an aromatic ring is 2. The Labute approximate surface area is 97.1 Å². The minimum atomic E-state index is 0.270. The number of anilines is 2. The molecular formula is C10H12N4O3. The summed E-state index contributed by atoms with van der Waals surface area (Å²) in [6.07, 6.45) is 2.39. The van der Waals surface area contributed by atoms with E-state index in [0.29, 0.717) is 27.1 Å². The Balaban J connectivity index is 2.94. The first-order valence-electron chi connectivity index (χ1n) is 4.77. The molecule has 7 nitrogen and oxygen atoms in total. The van der Waals surface area contributed by atoms with Crippen LogP contribution in [0.2, 0.25) is 0 Å². The molecule has 0 amide bonds. The number of nitrogens with zero attached hydrogens (tertiary/aromatic N) is 2. The molecule has 2 rings (SSSR count). The molecule has 0 fully saturated rings. The lowest BCUT2D eigenvalue weighted by molar-refractivity contribution is -0.607. The smallest absolute Gasteiger partial charge is 0.289 e. The van der Waals surface area contributed by atoms with E-state index in [2.05, 4.69) is 4.98 Å². The number of benzene rings is 1. The van der Waals surface area contributed by atoms with E-state index < -0.39 is 0 Å². The first-order chi connectivity index (χ1) is 8.10. The normalized spacial score (nSPS) is 10.5. The molecule has 0 aliphatic carbocycles. The van der Waals surface area contributed by atoms with Gasteiger partial charge in [-0.25, -0.2) is 4.73 Å². The van der Waals surface area contributed by atoms with Crippen LogP contribution in [0, 0.1) is 5.21 Å². The van der Waals surface area contributed by atoms with Gasteiger partial charge in [-0.2, -0.15) is 0 Å². The third-order valence-electron chi connectivity index (χ3n) is 2.46. The quantitative estimate of drug-likeness (QED) is 0.433. The Morgan fingerprint density at radius 2 is 1.76 bits per heavy atom. The minimum Gasteiger partial charge on any atom is -0.711 e. The van der Waals surface area contributed by atoms with Gasteiger partial charge >= 0.3 is 0 Å². The van der Waals surface area contributed by atoms with Crippen molar-refractivity contribution in [1.82, 2.24) is 4.98 Å². The number of aromatic nitrogens is 2. The van der Waals surface area contributed by atoms with Gasteiger partial charge in [0.2, 0.25) is 5.52 Å². The third-order valence-corrected chi connectivity index (χ3v) is 2.46. The summed E-state index contributed by atoms with van der Waals surface area (Å²) in [5.41, 5.74) is 12.7. The maximum absolute atomic E-state index is 11.2. The monoisotopic (exact) mass is 236 g/mol. The molecule has 0 bridgehead atoms. The van der Waals surface area contributed by atoms with Crippen LogP contribution in [0.25, 0.3) is 10.9 Å². The zero-order chi connectivity index (χ0) is 12.6. The fraction of sp³-hybridized carbons (Fsp3) is 0.200. The first kappa shape index (κ1) is 11.1.